The van der Waals surface area contributed by atoms with E-state index in [0.717, 1.165) is 16.7 Å². The van der Waals surface area contributed by atoms with E-state index in [1.54, 1.807) is 0 Å². The van der Waals surface area contributed by atoms with Gasteiger partial charge in [0.1, 0.15) is 17.5 Å². The third kappa shape index (κ3) is 5.01. The molecule has 3 aromatic carbocycles. The summed E-state index contributed by atoms with van der Waals surface area (Å²) in [5.41, 5.74) is 0.216. The number of aliphatic hydroxyl groups is 1. The Kier molecular flexibility index (Phi) is 8.15. The maximum atomic E-state index is 13.8. The molecule has 1 aliphatic carbocycles. The highest BCUT2D eigenvalue weighted by Gasteiger charge is 2.50. The van der Waals surface area contributed by atoms with E-state index in [1.807, 2.05) is 73.1 Å². The van der Waals surface area contributed by atoms with Crippen LogP contribution in [0.3, 0.4) is 0 Å². The zero-order chi connectivity index (χ0) is 27.3. The highest BCUT2D eigenvalue weighted by Crippen LogP contribution is 2.60. The molecule has 1 saturated carbocycles. The summed E-state index contributed by atoms with van der Waals surface area (Å²) in [5.74, 6) is 0.434. The average molecular weight is 546 g/mol. The number of hydrogen-bond donors (Lipinski definition) is 1. The Morgan fingerprint density at radius 3 is 1.85 bits per heavy atom. The molecule has 0 saturated heterocycles. The van der Waals surface area contributed by atoms with E-state index in [-0.39, 0.29) is 19.6 Å². The molecule has 0 unspecified atom stereocenters. The first-order valence-corrected chi connectivity index (χ1v) is 15.3. The molecule has 39 heavy (non-hydrogen) atoms. The van der Waals surface area contributed by atoms with Crippen LogP contribution in [0.5, 0.6) is 0 Å². The SMILES string of the molecule is CCOP(=O)(OCC)[C@H]1CCC[C@@](O)(c2ncnn2C(c2ccccc2)(c2ccccc2)c2ccccc2)C1. The fourth-order valence-electron chi connectivity index (χ4n) is 6.01. The maximum Gasteiger partial charge on any atom is 0.333 e. The minimum Gasteiger partial charge on any atom is -0.382 e. The lowest BCUT2D eigenvalue weighted by atomic mass is 9.76. The second kappa shape index (κ2) is 11.6. The summed E-state index contributed by atoms with van der Waals surface area (Å²) >= 11 is 0. The Morgan fingerprint density at radius 1 is 0.897 bits per heavy atom. The lowest BCUT2D eigenvalue weighted by molar-refractivity contribution is -0.0168. The number of benzene rings is 3. The van der Waals surface area contributed by atoms with Crippen LogP contribution >= 0.6 is 7.60 Å². The second-order valence-electron chi connectivity index (χ2n) is 9.96. The molecule has 204 valence electrons. The van der Waals surface area contributed by atoms with Crippen molar-refractivity contribution < 1.29 is 18.7 Å². The normalized spacial score (nSPS) is 20.1. The van der Waals surface area contributed by atoms with Gasteiger partial charge in [0.2, 0.25) is 0 Å². The summed E-state index contributed by atoms with van der Waals surface area (Å²) in [5, 5.41) is 17.1. The molecule has 7 nitrogen and oxygen atoms in total. The predicted octanol–water partition coefficient (Wildman–Crippen LogP) is 6.51. The molecule has 0 amide bonds. The van der Waals surface area contributed by atoms with E-state index in [9.17, 15) is 9.67 Å². The van der Waals surface area contributed by atoms with Crippen molar-refractivity contribution in [2.24, 2.45) is 0 Å². The van der Waals surface area contributed by atoms with E-state index in [2.05, 4.69) is 36.4 Å². The lowest BCUT2D eigenvalue weighted by Gasteiger charge is -2.42. The van der Waals surface area contributed by atoms with Crippen molar-refractivity contribution >= 4 is 7.60 Å². The van der Waals surface area contributed by atoms with E-state index in [0.29, 0.717) is 25.1 Å². The van der Waals surface area contributed by atoms with Gasteiger partial charge in [-0.05, 0) is 56.2 Å². The molecular formula is C31H36N3O4P. The van der Waals surface area contributed by atoms with Crippen LogP contribution < -0.4 is 0 Å². The first-order chi connectivity index (χ1) is 19.0. The second-order valence-corrected chi connectivity index (χ2v) is 12.3. The number of nitrogens with zero attached hydrogens (tertiary/aromatic N) is 3. The quantitative estimate of drug-likeness (QED) is 0.181. The molecule has 1 N–H and O–H groups in total. The van der Waals surface area contributed by atoms with Crippen molar-refractivity contribution in [3.05, 3.63) is 120 Å². The molecule has 0 radical (unpaired) electrons. The summed E-state index contributed by atoms with van der Waals surface area (Å²) in [7, 11) is -3.42. The van der Waals surface area contributed by atoms with Gasteiger partial charge in [0.25, 0.3) is 0 Å². The fourth-order valence-corrected chi connectivity index (χ4v) is 8.25. The van der Waals surface area contributed by atoms with Crippen molar-refractivity contribution in [1.82, 2.24) is 14.8 Å². The summed E-state index contributed by atoms with van der Waals surface area (Å²) in [6, 6.07) is 30.5. The van der Waals surface area contributed by atoms with Crippen LogP contribution in [-0.4, -0.2) is 38.7 Å². The van der Waals surface area contributed by atoms with Crippen LogP contribution in [0.2, 0.25) is 0 Å². The zero-order valence-electron chi connectivity index (χ0n) is 22.5. The van der Waals surface area contributed by atoms with Crippen molar-refractivity contribution in [3.8, 4) is 0 Å². The van der Waals surface area contributed by atoms with Crippen LogP contribution in [0.25, 0.3) is 0 Å². The highest BCUT2D eigenvalue weighted by atomic mass is 31.2. The van der Waals surface area contributed by atoms with E-state index in [1.165, 1.54) is 6.33 Å². The van der Waals surface area contributed by atoms with Crippen LogP contribution in [-0.2, 0) is 24.8 Å². The minimum atomic E-state index is -3.42. The Morgan fingerprint density at radius 2 is 1.38 bits per heavy atom. The molecule has 5 rings (SSSR count). The standard InChI is InChI=1S/C31H36N3O4P/c1-3-37-39(36,38-4-2)28-21-14-22-30(35,23-28)29-32-24-33-34(29)31(25-15-8-5-9-16-25,26-17-10-6-11-18-26)27-19-12-7-13-20-27/h5-13,15-20,24,28,35H,3-4,14,21-23H2,1-2H3/t28-,30-/m0/s1. The average Bonchev–Trinajstić information content (AvgIpc) is 3.47. The molecule has 1 fully saturated rings. The van der Waals surface area contributed by atoms with E-state index < -0.39 is 24.4 Å². The van der Waals surface area contributed by atoms with Crippen LogP contribution in [0.1, 0.15) is 62.0 Å². The Labute approximate surface area is 230 Å². The molecule has 0 bridgehead atoms. The van der Waals surface area contributed by atoms with Crippen molar-refractivity contribution in [2.45, 2.75) is 56.3 Å². The smallest absolute Gasteiger partial charge is 0.333 e. The number of aromatic nitrogens is 3. The molecule has 4 aromatic rings. The summed E-state index contributed by atoms with van der Waals surface area (Å²) in [6.07, 6.45) is 3.49. The summed E-state index contributed by atoms with van der Waals surface area (Å²) < 4.78 is 27.0. The van der Waals surface area contributed by atoms with Gasteiger partial charge in [-0.3, -0.25) is 4.57 Å². The third-order valence-corrected chi connectivity index (χ3v) is 10.2. The fraction of sp³-hybridized carbons (Fsp3) is 0.355. The lowest BCUT2D eigenvalue weighted by Crippen LogP contribution is -2.45. The monoisotopic (exact) mass is 545 g/mol. The van der Waals surface area contributed by atoms with Gasteiger partial charge >= 0.3 is 7.60 Å². The van der Waals surface area contributed by atoms with Crippen LogP contribution in [0, 0.1) is 0 Å². The molecular weight excluding hydrogens is 509 g/mol. The highest BCUT2D eigenvalue weighted by molar-refractivity contribution is 7.54. The summed E-state index contributed by atoms with van der Waals surface area (Å²) in [4.78, 5) is 4.69. The minimum absolute atomic E-state index is 0.206. The predicted molar refractivity (Wildman–Crippen MR) is 152 cm³/mol. The Hall–Kier alpha value is -3.09. The molecule has 8 heteroatoms. The summed E-state index contributed by atoms with van der Waals surface area (Å²) in [6.45, 7) is 4.18. The Balaban J connectivity index is 1.72. The molecule has 1 aromatic heterocycles. The van der Waals surface area contributed by atoms with Crippen molar-refractivity contribution in [1.29, 1.82) is 0 Å². The van der Waals surface area contributed by atoms with E-state index in [4.69, 9.17) is 19.1 Å². The zero-order valence-corrected chi connectivity index (χ0v) is 23.4. The van der Waals surface area contributed by atoms with Gasteiger partial charge < -0.3 is 14.2 Å². The Bertz CT molecular complexity index is 1290. The third-order valence-electron chi connectivity index (χ3n) is 7.62. The van der Waals surface area contributed by atoms with Gasteiger partial charge in [0, 0.05) is 0 Å². The molecule has 0 spiro atoms. The number of hydrogen-bond acceptors (Lipinski definition) is 6. The van der Waals surface area contributed by atoms with Gasteiger partial charge in [-0.1, -0.05) is 91.0 Å². The largest absolute Gasteiger partial charge is 0.382 e. The van der Waals surface area contributed by atoms with Crippen LogP contribution in [0.4, 0.5) is 0 Å². The molecule has 1 aliphatic rings. The topological polar surface area (TPSA) is 86.5 Å². The molecule has 1 heterocycles. The van der Waals surface area contributed by atoms with Gasteiger partial charge in [-0.25, -0.2) is 9.67 Å². The van der Waals surface area contributed by atoms with Gasteiger partial charge in [-0.15, -0.1) is 0 Å². The first-order valence-electron chi connectivity index (χ1n) is 13.7. The molecule has 2 atom stereocenters. The number of rotatable bonds is 10. The van der Waals surface area contributed by atoms with Gasteiger partial charge in [0.15, 0.2) is 5.82 Å². The van der Waals surface area contributed by atoms with Crippen molar-refractivity contribution in [3.63, 3.8) is 0 Å². The maximum absolute atomic E-state index is 13.8. The molecule has 0 aliphatic heterocycles. The van der Waals surface area contributed by atoms with Gasteiger partial charge in [-0.2, -0.15) is 5.10 Å². The first kappa shape index (κ1) is 27.5. The van der Waals surface area contributed by atoms with Crippen LogP contribution in [0.15, 0.2) is 97.3 Å². The van der Waals surface area contributed by atoms with Gasteiger partial charge in [0.05, 0.1) is 18.9 Å². The van der Waals surface area contributed by atoms with E-state index >= 15 is 0 Å². The van der Waals surface area contributed by atoms with Crippen molar-refractivity contribution in [2.75, 3.05) is 13.2 Å².